The van der Waals surface area contributed by atoms with Crippen molar-refractivity contribution < 1.29 is 27.9 Å². The van der Waals surface area contributed by atoms with E-state index in [-0.39, 0.29) is 24.0 Å². The number of hydroxylamine groups is 1. The molecular weight excluding hydrogens is 595 g/mol. The van der Waals surface area contributed by atoms with Crippen LogP contribution in [0.4, 0.5) is 4.79 Å². The third-order valence-corrected chi connectivity index (χ3v) is 9.53. The maximum atomic E-state index is 13.9. The standard InChI is InChI=1S/C28H39AsN4O6S/c1-28(2,3)38-27(35)31-23(16-19-10-6-5-7-11-19)25(34)18-33(39-20-12-8-9-13-20)40(36,37)21-14-15-24-22(17-21)30-26(29)32(24)4/h5-7,10-11,14-15,17,20,23,25,34H,8-9,12-13,16,18,29H2,1-4H3,(H,31,35)/t23-,25-/m0/s1. The summed E-state index contributed by atoms with van der Waals surface area (Å²) in [7, 11) is -2.29. The fourth-order valence-electron chi connectivity index (χ4n) is 4.72. The fourth-order valence-corrected chi connectivity index (χ4v) is 6.63. The van der Waals surface area contributed by atoms with E-state index >= 15 is 0 Å². The number of aromatic nitrogens is 2. The van der Waals surface area contributed by atoms with Crippen LogP contribution in [-0.2, 0) is 33.1 Å². The van der Waals surface area contributed by atoms with Crippen molar-refractivity contribution in [2.75, 3.05) is 6.54 Å². The molecule has 0 bridgehead atoms. The summed E-state index contributed by atoms with van der Waals surface area (Å²) in [5, 5.41) is 14.2. The first-order chi connectivity index (χ1) is 18.8. The topological polar surface area (TPSA) is 123 Å². The van der Waals surface area contributed by atoms with Crippen molar-refractivity contribution in [3.63, 3.8) is 0 Å². The second kappa shape index (κ2) is 12.6. The number of nitrogens with zero attached hydrogens (tertiary/aromatic N) is 3. The number of nitrogens with one attached hydrogen (secondary N) is 1. The van der Waals surface area contributed by atoms with Crippen LogP contribution in [0.15, 0.2) is 53.4 Å². The van der Waals surface area contributed by atoms with Crippen LogP contribution in [-0.4, -0.2) is 80.9 Å². The molecule has 1 aliphatic rings. The summed E-state index contributed by atoms with van der Waals surface area (Å²) in [5.41, 5.74) is 1.52. The molecule has 0 radical (unpaired) electrons. The molecule has 0 saturated heterocycles. The van der Waals surface area contributed by atoms with E-state index in [1.807, 2.05) is 41.9 Å². The Morgan fingerprint density at radius 1 is 1.20 bits per heavy atom. The molecule has 40 heavy (non-hydrogen) atoms. The zero-order chi connectivity index (χ0) is 29.1. The zero-order valence-corrected chi connectivity index (χ0v) is 26.6. The van der Waals surface area contributed by atoms with E-state index in [0.29, 0.717) is 5.52 Å². The number of alkyl carbamates (subject to hydrolysis) is 1. The van der Waals surface area contributed by atoms with Gasteiger partial charge in [-0.25, -0.2) is 4.79 Å². The maximum absolute atomic E-state index is 13.9. The molecule has 2 aromatic carbocycles. The molecule has 1 unspecified atom stereocenters. The number of hydrogen-bond acceptors (Lipinski definition) is 7. The normalized spacial score (nSPS) is 16.4. The summed E-state index contributed by atoms with van der Waals surface area (Å²) in [6.07, 6.45) is 1.33. The van der Waals surface area contributed by atoms with Gasteiger partial charge in [-0.1, -0.05) is 30.3 Å². The van der Waals surface area contributed by atoms with E-state index < -0.39 is 33.9 Å². The van der Waals surface area contributed by atoms with Crippen LogP contribution in [0.1, 0.15) is 52.0 Å². The summed E-state index contributed by atoms with van der Waals surface area (Å²) in [6, 6.07) is 13.3. The van der Waals surface area contributed by atoms with Gasteiger partial charge in [0.15, 0.2) is 0 Å². The van der Waals surface area contributed by atoms with Crippen LogP contribution >= 0.6 is 0 Å². The summed E-state index contributed by atoms with van der Waals surface area (Å²) >= 11 is 1.34. The van der Waals surface area contributed by atoms with Gasteiger partial charge in [-0.05, 0) is 20.8 Å². The molecule has 0 spiro atoms. The summed E-state index contributed by atoms with van der Waals surface area (Å²) in [5.74, 6) is 0. The number of aliphatic hydroxyl groups excluding tert-OH is 1. The Labute approximate surface area is 244 Å². The Morgan fingerprint density at radius 3 is 2.52 bits per heavy atom. The van der Waals surface area contributed by atoms with Crippen molar-refractivity contribution in [1.82, 2.24) is 19.3 Å². The first kappa shape index (κ1) is 30.5. The number of hydrogen-bond donors (Lipinski definition) is 2. The third-order valence-electron chi connectivity index (χ3n) is 6.82. The van der Waals surface area contributed by atoms with E-state index in [1.54, 1.807) is 26.8 Å². The van der Waals surface area contributed by atoms with Gasteiger partial charge in [0.2, 0.25) is 0 Å². The molecule has 1 saturated carbocycles. The third kappa shape index (κ3) is 7.64. The number of fused-ring (bicyclic) bond motifs is 1. The average Bonchev–Trinajstić information content (AvgIpc) is 3.49. The Hall–Kier alpha value is -2.43. The van der Waals surface area contributed by atoms with E-state index in [9.17, 15) is 18.3 Å². The molecule has 10 nitrogen and oxygen atoms in total. The van der Waals surface area contributed by atoms with Crippen molar-refractivity contribution in [1.29, 1.82) is 0 Å². The minimum absolute atomic E-state index is 0.0236. The molecular formula is C28H39AsN4O6S. The Balaban J connectivity index is 1.63. The Bertz CT molecular complexity index is 1420. The zero-order valence-electron chi connectivity index (χ0n) is 23.4. The number of benzene rings is 2. The number of rotatable bonds is 10. The monoisotopic (exact) mass is 634 g/mol. The van der Waals surface area contributed by atoms with Crippen molar-refractivity contribution in [3.8, 4) is 0 Å². The first-order valence-corrected chi connectivity index (χ1v) is 16.1. The van der Waals surface area contributed by atoms with Gasteiger partial charge in [-0.3, -0.25) is 0 Å². The number of aryl methyl sites for hydroxylation is 1. The molecule has 1 fully saturated rings. The molecule has 3 atom stereocenters. The van der Waals surface area contributed by atoms with Gasteiger partial charge in [0.25, 0.3) is 0 Å². The predicted molar refractivity (Wildman–Crippen MR) is 155 cm³/mol. The van der Waals surface area contributed by atoms with Crippen LogP contribution in [0.2, 0.25) is 0 Å². The summed E-state index contributed by atoms with van der Waals surface area (Å²) in [4.78, 5) is 23.3. The van der Waals surface area contributed by atoms with Crippen LogP contribution in [0, 0.1) is 0 Å². The Morgan fingerprint density at radius 2 is 1.88 bits per heavy atom. The molecule has 3 aromatic rings. The number of carbonyl (C=O) groups is 1. The van der Waals surface area contributed by atoms with Crippen LogP contribution in [0.3, 0.4) is 0 Å². The van der Waals surface area contributed by atoms with E-state index in [1.165, 1.54) is 29.0 Å². The molecule has 1 aliphatic carbocycles. The molecule has 2 N–H and O–H groups in total. The van der Waals surface area contributed by atoms with Gasteiger partial charge in [0, 0.05) is 0 Å². The molecule has 218 valence electrons. The average molecular weight is 635 g/mol. The van der Waals surface area contributed by atoms with Crippen molar-refractivity contribution >= 4 is 48.6 Å². The molecule has 0 aliphatic heterocycles. The van der Waals surface area contributed by atoms with Gasteiger partial charge in [0.1, 0.15) is 5.60 Å². The van der Waals surface area contributed by atoms with Gasteiger partial charge < -0.3 is 4.74 Å². The van der Waals surface area contributed by atoms with Gasteiger partial charge in [0.05, 0.1) is 0 Å². The minimum atomic E-state index is -4.18. The van der Waals surface area contributed by atoms with Crippen molar-refractivity contribution in [2.24, 2.45) is 7.05 Å². The molecule has 1 amide bonds. The predicted octanol–water partition coefficient (Wildman–Crippen LogP) is 2.19. The number of imidazole rings is 1. The number of aliphatic hydroxyl groups is 1. The Kier molecular flexibility index (Phi) is 9.62. The van der Waals surface area contributed by atoms with E-state index in [2.05, 4.69) is 10.3 Å². The molecule has 1 aromatic heterocycles. The van der Waals surface area contributed by atoms with Crippen LogP contribution in [0.25, 0.3) is 11.0 Å². The van der Waals surface area contributed by atoms with Crippen LogP contribution < -0.4 is 9.93 Å². The number of amides is 1. The number of ether oxygens (including phenoxy) is 1. The van der Waals surface area contributed by atoms with Crippen molar-refractivity contribution in [3.05, 3.63) is 54.1 Å². The molecule has 12 heteroatoms. The number of sulfonamides is 1. The molecule has 1 heterocycles. The first-order valence-electron chi connectivity index (χ1n) is 13.5. The SMILES string of the molecule is Cn1c([AsH2])nc2cc(S(=O)(=O)N(C[C@H](O)[C@H](Cc3ccccc3)NC(=O)OC(C)(C)C)OC3CCCC3)ccc21. The second-order valence-electron chi connectivity index (χ2n) is 11.2. The van der Waals surface area contributed by atoms with E-state index in [0.717, 1.165) is 45.8 Å². The van der Waals surface area contributed by atoms with Gasteiger partial charge >= 0.3 is 179 Å². The summed E-state index contributed by atoms with van der Waals surface area (Å²) < 4.78 is 36.9. The van der Waals surface area contributed by atoms with Crippen molar-refractivity contribution in [2.45, 2.75) is 81.6 Å². The second-order valence-corrected chi connectivity index (χ2v) is 14.1. The van der Waals surface area contributed by atoms with Gasteiger partial charge in [-0.2, -0.15) is 0 Å². The van der Waals surface area contributed by atoms with Crippen LogP contribution in [0.5, 0.6) is 0 Å². The van der Waals surface area contributed by atoms with Gasteiger partial charge in [-0.15, -0.1) is 0 Å². The quantitative estimate of drug-likeness (QED) is 0.259. The molecule has 4 rings (SSSR count). The fraction of sp³-hybridized carbons (Fsp3) is 0.500. The number of carbonyl (C=O) groups excluding carboxylic acids is 1. The summed E-state index contributed by atoms with van der Waals surface area (Å²) in [6.45, 7) is 4.87. The van der Waals surface area contributed by atoms with E-state index in [4.69, 9.17) is 9.57 Å².